The lowest BCUT2D eigenvalue weighted by molar-refractivity contribution is 0.0951. The van der Waals surface area contributed by atoms with Crippen molar-refractivity contribution in [3.05, 3.63) is 121 Å². The molecule has 0 saturated carbocycles. The highest BCUT2D eigenvalue weighted by Crippen LogP contribution is 2.24. The summed E-state index contributed by atoms with van der Waals surface area (Å²) in [6.45, 7) is 0.259. The first-order valence-corrected chi connectivity index (χ1v) is 10.9. The van der Waals surface area contributed by atoms with Gasteiger partial charge in [-0.1, -0.05) is 30.3 Å². The summed E-state index contributed by atoms with van der Waals surface area (Å²) in [5.74, 6) is 0.0276. The smallest absolute Gasteiger partial charge is 0.255 e. The molecular formula is C27H20FN5O2. The van der Waals surface area contributed by atoms with Crippen molar-refractivity contribution in [3.63, 3.8) is 0 Å². The van der Waals surface area contributed by atoms with Crippen molar-refractivity contribution >= 4 is 5.91 Å². The third-order valence-corrected chi connectivity index (χ3v) is 5.18. The van der Waals surface area contributed by atoms with Gasteiger partial charge in [0, 0.05) is 49.0 Å². The molecule has 0 radical (unpaired) electrons. The summed E-state index contributed by atoms with van der Waals surface area (Å²) in [5.41, 5.74) is 3.34. The number of carbonyl (C=O) groups is 1. The summed E-state index contributed by atoms with van der Waals surface area (Å²) in [5, 5.41) is 7.57. The van der Waals surface area contributed by atoms with E-state index in [9.17, 15) is 9.18 Å². The highest BCUT2D eigenvalue weighted by Gasteiger charge is 2.19. The van der Waals surface area contributed by atoms with Gasteiger partial charge in [0.1, 0.15) is 17.3 Å². The van der Waals surface area contributed by atoms with Crippen LogP contribution in [-0.2, 0) is 6.54 Å². The van der Waals surface area contributed by atoms with Crippen LogP contribution in [0, 0.1) is 5.82 Å². The number of halogens is 1. The maximum atomic E-state index is 13.3. The first-order valence-electron chi connectivity index (χ1n) is 10.9. The van der Waals surface area contributed by atoms with Crippen LogP contribution in [-0.4, -0.2) is 25.7 Å². The van der Waals surface area contributed by atoms with Gasteiger partial charge in [-0.15, -0.1) is 0 Å². The Balaban J connectivity index is 1.32. The molecule has 0 aliphatic carbocycles. The Kier molecular flexibility index (Phi) is 6.25. The molecule has 35 heavy (non-hydrogen) atoms. The molecule has 0 unspecified atom stereocenters. The first-order chi connectivity index (χ1) is 17.2. The summed E-state index contributed by atoms with van der Waals surface area (Å²) in [6.07, 6.45) is 6.66. The zero-order valence-corrected chi connectivity index (χ0v) is 18.5. The molecule has 0 spiro atoms. The average molecular weight is 465 g/mol. The maximum absolute atomic E-state index is 13.3. The lowest BCUT2D eigenvalue weighted by Crippen LogP contribution is -2.23. The van der Waals surface area contributed by atoms with E-state index in [1.54, 1.807) is 59.8 Å². The summed E-state index contributed by atoms with van der Waals surface area (Å²) in [7, 11) is 0. The molecule has 0 saturated heterocycles. The molecule has 2 aromatic carbocycles. The number of para-hydroxylation sites is 1. The average Bonchev–Trinajstić information content (AvgIpc) is 3.35. The number of hydrogen-bond acceptors (Lipinski definition) is 5. The third-order valence-electron chi connectivity index (χ3n) is 5.18. The molecule has 1 amide bonds. The van der Waals surface area contributed by atoms with Crippen LogP contribution in [0.25, 0.3) is 16.9 Å². The molecular weight excluding hydrogens is 445 g/mol. The number of amides is 1. The summed E-state index contributed by atoms with van der Waals surface area (Å²) in [4.78, 5) is 21.5. The van der Waals surface area contributed by atoms with E-state index in [1.807, 2.05) is 36.4 Å². The second-order valence-electron chi connectivity index (χ2n) is 7.66. The van der Waals surface area contributed by atoms with Crippen molar-refractivity contribution in [1.29, 1.82) is 0 Å². The number of ether oxygens (including phenoxy) is 1. The summed E-state index contributed by atoms with van der Waals surface area (Å²) >= 11 is 0. The van der Waals surface area contributed by atoms with Crippen LogP contribution in [0.3, 0.4) is 0 Å². The van der Waals surface area contributed by atoms with Crippen LogP contribution in [0.4, 0.5) is 4.39 Å². The van der Waals surface area contributed by atoms with Crippen molar-refractivity contribution in [2.24, 2.45) is 0 Å². The molecule has 0 aliphatic heterocycles. The number of carbonyl (C=O) groups excluding carboxylic acids is 1. The molecule has 5 rings (SSSR count). The monoisotopic (exact) mass is 465 g/mol. The van der Waals surface area contributed by atoms with Crippen LogP contribution in [0.15, 0.2) is 104 Å². The molecule has 0 aliphatic rings. The van der Waals surface area contributed by atoms with E-state index in [-0.39, 0.29) is 18.3 Å². The standard InChI is InChI=1S/C27H20FN5O2/c28-21-7-4-10-23(14-21)35-25-12-11-19(15-30-25)16-31-27(34)24-18-33(22-8-2-1-3-9-22)32-26(24)20-6-5-13-29-17-20/h1-15,17-18H,16H2,(H,31,34). The topological polar surface area (TPSA) is 81.9 Å². The van der Waals surface area contributed by atoms with Crippen LogP contribution in [0.1, 0.15) is 15.9 Å². The van der Waals surface area contributed by atoms with E-state index < -0.39 is 0 Å². The minimum absolute atomic E-state index is 0.259. The Morgan fingerprint density at radius 3 is 2.60 bits per heavy atom. The Labute approximate surface area is 200 Å². The van der Waals surface area contributed by atoms with E-state index in [1.165, 1.54) is 12.1 Å². The number of aromatic nitrogens is 4. The maximum Gasteiger partial charge on any atom is 0.255 e. The Morgan fingerprint density at radius 1 is 0.971 bits per heavy atom. The van der Waals surface area contributed by atoms with E-state index in [0.717, 1.165) is 16.8 Å². The number of nitrogens with zero attached hydrogens (tertiary/aromatic N) is 4. The second kappa shape index (κ2) is 9.96. The Morgan fingerprint density at radius 2 is 1.86 bits per heavy atom. The molecule has 0 bridgehead atoms. The lowest BCUT2D eigenvalue weighted by Gasteiger charge is -2.07. The summed E-state index contributed by atoms with van der Waals surface area (Å²) in [6, 6.07) is 22.5. The predicted molar refractivity (Wildman–Crippen MR) is 129 cm³/mol. The summed E-state index contributed by atoms with van der Waals surface area (Å²) < 4.78 is 20.6. The van der Waals surface area contributed by atoms with Gasteiger partial charge in [-0.3, -0.25) is 9.78 Å². The second-order valence-corrected chi connectivity index (χ2v) is 7.66. The van der Waals surface area contributed by atoms with Gasteiger partial charge >= 0.3 is 0 Å². The molecule has 172 valence electrons. The van der Waals surface area contributed by atoms with Gasteiger partial charge in [0.15, 0.2) is 0 Å². The van der Waals surface area contributed by atoms with E-state index in [4.69, 9.17) is 4.74 Å². The van der Waals surface area contributed by atoms with Gasteiger partial charge in [-0.05, 0) is 42.0 Å². The molecule has 5 aromatic rings. The van der Waals surface area contributed by atoms with Crippen LogP contribution in [0.2, 0.25) is 0 Å². The van der Waals surface area contributed by atoms with E-state index in [0.29, 0.717) is 22.9 Å². The van der Waals surface area contributed by atoms with Crippen LogP contribution in [0.5, 0.6) is 11.6 Å². The molecule has 0 atom stereocenters. The number of rotatable bonds is 7. The first kappa shape index (κ1) is 22.0. The Hall–Kier alpha value is -4.85. The van der Waals surface area contributed by atoms with Crippen molar-refractivity contribution in [3.8, 4) is 28.6 Å². The fourth-order valence-corrected chi connectivity index (χ4v) is 3.47. The lowest BCUT2D eigenvalue weighted by atomic mass is 10.1. The zero-order valence-electron chi connectivity index (χ0n) is 18.5. The number of benzene rings is 2. The molecule has 1 N–H and O–H groups in total. The molecule has 8 heteroatoms. The molecule has 0 fully saturated rings. The predicted octanol–water partition coefficient (Wildman–Crippen LogP) is 5.19. The highest BCUT2D eigenvalue weighted by molar-refractivity contribution is 5.99. The van der Waals surface area contributed by atoms with Crippen molar-refractivity contribution in [2.45, 2.75) is 6.54 Å². The van der Waals surface area contributed by atoms with Crippen molar-refractivity contribution < 1.29 is 13.9 Å². The number of pyridine rings is 2. The van der Waals surface area contributed by atoms with E-state index >= 15 is 0 Å². The largest absolute Gasteiger partial charge is 0.439 e. The van der Waals surface area contributed by atoms with Crippen LogP contribution >= 0.6 is 0 Å². The van der Waals surface area contributed by atoms with Gasteiger partial charge in [-0.25, -0.2) is 14.1 Å². The fraction of sp³-hybridized carbons (Fsp3) is 0.0370. The quantitative estimate of drug-likeness (QED) is 0.358. The van der Waals surface area contributed by atoms with Crippen molar-refractivity contribution in [2.75, 3.05) is 0 Å². The molecule has 3 heterocycles. The molecule has 7 nitrogen and oxygen atoms in total. The van der Waals surface area contributed by atoms with Crippen LogP contribution < -0.4 is 10.1 Å². The highest BCUT2D eigenvalue weighted by atomic mass is 19.1. The minimum atomic E-state index is -0.386. The minimum Gasteiger partial charge on any atom is -0.439 e. The van der Waals surface area contributed by atoms with Gasteiger partial charge in [0.05, 0.1) is 11.3 Å². The SMILES string of the molecule is O=C(NCc1ccc(Oc2cccc(F)c2)nc1)c1cn(-c2ccccc2)nc1-c1cccnc1. The molecule has 3 aromatic heterocycles. The zero-order chi connectivity index (χ0) is 24.0. The normalized spacial score (nSPS) is 10.7. The number of nitrogens with one attached hydrogen (secondary N) is 1. The van der Waals surface area contributed by atoms with Gasteiger partial charge in [-0.2, -0.15) is 5.10 Å². The van der Waals surface area contributed by atoms with Gasteiger partial charge in [0.25, 0.3) is 5.91 Å². The third kappa shape index (κ3) is 5.22. The van der Waals surface area contributed by atoms with Gasteiger partial charge < -0.3 is 10.1 Å². The van der Waals surface area contributed by atoms with Gasteiger partial charge in [0.2, 0.25) is 5.88 Å². The fourth-order valence-electron chi connectivity index (χ4n) is 3.47. The number of hydrogen-bond donors (Lipinski definition) is 1. The Bertz CT molecular complexity index is 1440. The van der Waals surface area contributed by atoms with Crippen molar-refractivity contribution in [1.82, 2.24) is 25.1 Å². The van der Waals surface area contributed by atoms with E-state index in [2.05, 4.69) is 20.4 Å².